The molecule has 26 heavy (non-hydrogen) atoms. The fourth-order valence-electron chi connectivity index (χ4n) is 3.14. The molecule has 4 nitrogen and oxygen atoms in total. The average molecular weight is 421 g/mol. The molecule has 1 heterocycles. The van der Waals surface area contributed by atoms with Crippen LogP contribution in [-0.2, 0) is 11.2 Å². The number of carbonyl (C=O) groups is 1. The van der Waals surface area contributed by atoms with E-state index in [1.807, 2.05) is 0 Å². The van der Waals surface area contributed by atoms with Gasteiger partial charge in [0, 0.05) is 42.9 Å². The van der Waals surface area contributed by atoms with Crippen molar-refractivity contribution in [2.45, 2.75) is 6.42 Å². The van der Waals surface area contributed by atoms with Gasteiger partial charge in [0.25, 0.3) is 0 Å². The van der Waals surface area contributed by atoms with Crippen LogP contribution in [0.5, 0.6) is 0 Å². The van der Waals surface area contributed by atoms with Gasteiger partial charge in [-0.25, -0.2) is 9.18 Å². The fraction of sp³-hybridized carbons (Fsp3) is 0.350. The smallest absolute Gasteiger partial charge is 0.340 e. The molecule has 1 saturated heterocycles. The van der Waals surface area contributed by atoms with E-state index in [9.17, 15) is 9.18 Å². The monoisotopic (exact) mass is 420 g/mol. The van der Waals surface area contributed by atoms with Gasteiger partial charge in [0.15, 0.2) is 0 Å². The lowest BCUT2D eigenvalue weighted by atomic mass is 10.1. The van der Waals surface area contributed by atoms with Gasteiger partial charge >= 0.3 is 5.97 Å². The molecule has 0 spiro atoms. The Morgan fingerprint density at radius 3 is 2.42 bits per heavy atom. The first-order valence-electron chi connectivity index (χ1n) is 8.66. The van der Waals surface area contributed by atoms with Crippen molar-refractivity contribution >= 4 is 27.6 Å². The minimum absolute atomic E-state index is 0.0237. The number of hydrogen-bond acceptors (Lipinski definition) is 4. The highest BCUT2D eigenvalue weighted by atomic mass is 79.9. The second-order valence-corrected chi connectivity index (χ2v) is 7.28. The normalized spacial score (nSPS) is 15.1. The highest BCUT2D eigenvalue weighted by molar-refractivity contribution is 9.10. The van der Waals surface area contributed by atoms with Gasteiger partial charge in [0.05, 0.1) is 12.7 Å². The summed E-state index contributed by atoms with van der Waals surface area (Å²) in [5, 5.41) is 0. The number of ether oxygens (including phenoxy) is 1. The first kappa shape index (κ1) is 18.9. The van der Waals surface area contributed by atoms with Crippen LogP contribution in [0.3, 0.4) is 0 Å². The predicted octanol–water partition coefficient (Wildman–Crippen LogP) is 3.74. The summed E-state index contributed by atoms with van der Waals surface area (Å²) in [6.45, 7) is 4.59. The zero-order chi connectivity index (χ0) is 18.5. The Balaban J connectivity index is 1.52. The Morgan fingerprint density at radius 2 is 1.81 bits per heavy atom. The highest BCUT2D eigenvalue weighted by Crippen LogP contribution is 2.21. The van der Waals surface area contributed by atoms with Gasteiger partial charge in [0.2, 0.25) is 0 Å². The molecule has 1 fully saturated rings. The minimum Gasteiger partial charge on any atom is -0.465 e. The molecule has 2 aromatic rings. The van der Waals surface area contributed by atoms with Crippen molar-refractivity contribution in [1.29, 1.82) is 0 Å². The molecule has 6 heteroatoms. The Labute approximate surface area is 161 Å². The van der Waals surface area contributed by atoms with Crippen LogP contribution in [0.1, 0.15) is 15.9 Å². The maximum atomic E-state index is 14.1. The van der Waals surface area contributed by atoms with Crippen molar-refractivity contribution in [3.63, 3.8) is 0 Å². The Bertz CT molecular complexity index is 759. The van der Waals surface area contributed by atoms with Crippen LogP contribution in [-0.4, -0.2) is 50.7 Å². The second-order valence-electron chi connectivity index (χ2n) is 6.36. The predicted molar refractivity (Wildman–Crippen MR) is 104 cm³/mol. The number of piperazine rings is 1. The van der Waals surface area contributed by atoms with Gasteiger partial charge in [-0.15, -0.1) is 0 Å². The van der Waals surface area contributed by atoms with Gasteiger partial charge in [-0.2, -0.15) is 0 Å². The molecular weight excluding hydrogens is 399 g/mol. The van der Waals surface area contributed by atoms with Crippen molar-refractivity contribution in [3.8, 4) is 0 Å². The maximum absolute atomic E-state index is 14.1. The van der Waals surface area contributed by atoms with E-state index in [1.54, 1.807) is 6.07 Å². The number of halogens is 2. The van der Waals surface area contributed by atoms with E-state index in [-0.39, 0.29) is 5.56 Å². The zero-order valence-corrected chi connectivity index (χ0v) is 16.3. The molecule has 1 aliphatic rings. The van der Waals surface area contributed by atoms with E-state index in [1.165, 1.54) is 24.8 Å². The Hall–Kier alpha value is -1.92. The lowest BCUT2D eigenvalue weighted by molar-refractivity contribution is 0.0595. The lowest BCUT2D eigenvalue weighted by Gasteiger charge is -2.36. The molecule has 0 N–H and O–H groups in total. The molecule has 3 rings (SSSR count). The molecule has 0 aliphatic carbocycles. The van der Waals surface area contributed by atoms with Crippen LogP contribution in [0.2, 0.25) is 0 Å². The van der Waals surface area contributed by atoms with Gasteiger partial charge in [-0.3, -0.25) is 4.90 Å². The van der Waals surface area contributed by atoms with Crippen LogP contribution in [0, 0.1) is 5.82 Å². The second kappa shape index (κ2) is 8.64. The molecule has 0 bridgehead atoms. The van der Waals surface area contributed by atoms with E-state index in [2.05, 4.69) is 54.7 Å². The number of hydrogen-bond donors (Lipinski definition) is 0. The molecule has 0 unspecified atom stereocenters. The molecule has 0 saturated carbocycles. The van der Waals surface area contributed by atoms with E-state index >= 15 is 0 Å². The van der Waals surface area contributed by atoms with Crippen molar-refractivity contribution in [1.82, 2.24) is 4.90 Å². The zero-order valence-electron chi connectivity index (χ0n) is 14.8. The number of methoxy groups -OCH3 is 1. The van der Waals surface area contributed by atoms with Gasteiger partial charge < -0.3 is 9.64 Å². The van der Waals surface area contributed by atoms with Gasteiger partial charge in [0.1, 0.15) is 5.82 Å². The van der Waals surface area contributed by atoms with Crippen LogP contribution in [0.15, 0.2) is 46.9 Å². The summed E-state index contributed by atoms with van der Waals surface area (Å²) < 4.78 is 19.8. The number of benzene rings is 2. The van der Waals surface area contributed by atoms with Crippen LogP contribution >= 0.6 is 15.9 Å². The molecule has 2 aromatic carbocycles. The first-order chi connectivity index (χ1) is 12.6. The maximum Gasteiger partial charge on any atom is 0.340 e. The highest BCUT2D eigenvalue weighted by Gasteiger charge is 2.19. The van der Waals surface area contributed by atoms with E-state index < -0.39 is 11.8 Å². The van der Waals surface area contributed by atoms with Crippen LogP contribution in [0.25, 0.3) is 0 Å². The van der Waals surface area contributed by atoms with Crippen molar-refractivity contribution in [2.24, 2.45) is 0 Å². The first-order valence-corrected chi connectivity index (χ1v) is 9.46. The average Bonchev–Trinajstić information content (AvgIpc) is 2.67. The van der Waals surface area contributed by atoms with Crippen molar-refractivity contribution in [2.75, 3.05) is 44.7 Å². The number of rotatable bonds is 5. The summed E-state index contributed by atoms with van der Waals surface area (Å²) in [5.74, 6) is -1.18. The molecular formula is C20H22BrFN2O2. The van der Waals surface area contributed by atoms with Crippen molar-refractivity contribution in [3.05, 3.63) is 63.9 Å². The number of nitrogens with zero attached hydrogens (tertiary/aromatic N) is 2. The van der Waals surface area contributed by atoms with E-state index in [0.29, 0.717) is 0 Å². The third-order valence-corrected chi connectivity index (χ3v) is 5.25. The molecule has 0 radical (unpaired) electrons. The van der Waals surface area contributed by atoms with E-state index in [4.69, 9.17) is 0 Å². The SMILES string of the molecule is COC(=O)c1ccc(N2CCN(CCc3ccc(Br)cc3)CC2)cc1F. The third kappa shape index (κ3) is 4.62. The topological polar surface area (TPSA) is 32.8 Å². The van der Waals surface area contributed by atoms with Gasteiger partial charge in [-0.1, -0.05) is 28.1 Å². The fourth-order valence-corrected chi connectivity index (χ4v) is 3.41. The summed E-state index contributed by atoms with van der Waals surface area (Å²) in [6.07, 6.45) is 1.02. The Morgan fingerprint density at radius 1 is 1.12 bits per heavy atom. The number of esters is 1. The summed E-state index contributed by atoms with van der Waals surface area (Å²) in [6, 6.07) is 13.1. The molecule has 138 valence electrons. The summed E-state index contributed by atoms with van der Waals surface area (Å²) in [7, 11) is 1.25. The number of anilines is 1. The third-order valence-electron chi connectivity index (χ3n) is 4.73. The van der Waals surface area contributed by atoms with Crippen LogP contribution < -0.4 is 4.90 Å². The quantitative estimate of drug-likeness (QED) is 0.689. The number of carbonyl (C=O) groups excluding carboxylic acids is 1. The Kier molecular flexibility index (Phi) is 6.27. The summed E-state index contributed by atoms with van der Waals surface area (Å²) in [4.78, 5) is 16.1. The lowest BCUT2D eigenvalue weighted by Crippen LogP contribution is -2.47. The molecule has 0 aromatic heterocycles. The molecule has 1 aliphatic heterocycles. The van der Waals surface area contributed by atoms with Crippen LogP contribution in [0.4, 0.5) is 10.1 Å². The minimum atomic E-state index is -0.646. The summed E-state index contributed by atoms with van der Waals surface area (Å²) >= 11 is 3.46. The summed E-state index contributed by atoms with van der Waals surface area (Å²) in [5.41, 5.74) is 2.11. The van der Waals surface area contributed by atoms with Gasteiger partial charge in [-0.05, 0) is 42.3 Å². The van der Waals surface area contributed by atoms with Crippen molar-refractivity contribution < 1.29 is 13.9 Å². The largest absolute Gasteiger partial charge is 0.465 e. The standard InChI is InChI=1S/C20H22BrFN2O2/c1-26-20(25)18-7-6-17(14-19(18)22)24-12-10-23(11-13-24)9-8-15-2-4-16(21)5-3-15/h2-7,14H,8-13H2,1H3. The molecule has 0 atom stereocenters. The molecule has 0 amide bonds. The van der Waals surface area contributed by atoms with E-state index in [0.717, 1.165) is 49.3 Å².